The number of benzene rings is 4. The lowest BCUT2D eigenvalue weighted by molar-refractivity contribution is -0.387. The minimum absolute atomic E-state index is 0.00135. The summed E-state index contributed by atoms with van der Waals surface area (Å²) in [4.78, 5) is 24.2. The summed E-state index contributed by atoms with van der Waals surface area (Å²) in [5, 5.41) is 17.6. The van der Waals surface area contributed by atoms with E-state index in [2.05, 4.69) is 41.7 Å². The maximum atomic E-state index is 12.2. The fourth-order valence-electron chi connectivity index (χ4n) is 6.04. The molecule has 4 aromatic carbocycles. The van der Waals surface area contributed by atoms with Gasteiger partial charge >= 0.3 is 0 Å². The highest BCUT2D eigenvalue weighted by Gasteiger charge is 2.50. The first-order valence-corrected chi connectivity index (χ1v) is 13.7. The van der Waals surface area contributed by atoms with Crippen molar-refractivity contribution in [2.75, 3.05) is 5.32 Å². The predicted octanol–water partition coefficient (Wildman–Crippen LogP) is 7.99. The molecule has 5 nitrogen and oxygen atoms in total. The van der Waals surface area contributed by atoms with Crippen LogP contribution in [-0.2, 0) is 0 Å². The number of carbonyl (C=O) groups is 1. The lowest BCUT2D eigenvalue weighted by Gasteiger charge is -2.39. The van der Waals surface area contributed by atoms with E-state index in [0.717, 1.165) is 17.7 Å². The third-order valence-electron chi connectivity index (χ3n) is 7.72. The van der Waals surface area contributed by atoms with Crippen molar-refractivity contribution < 1.29 is 9.72 Å². The first-order valence-electron chi connectivity index (χ1n) is 12.4. The number of nitrogens with zero attached hydrogens (tertiary/aromatic N) is 1. The molecule has 1 saturated carbocycles. The summed E-state index contributed by atoms with van der Waals surface area (Å²) in [5.74, 6) is 0.176. The summed E-state index contributed by atoms with van der Waals surface area (Å²) in [6.45, 7) is 1.58. The van der Waals surface area contributed by atoms with Crippen LogP contribution in [0, 0.1) is 16.0 Å². The molecule has 2 aliphatic rings. The van der Waals surface area contributed by atoms with Crippen molar-refractivity contribution >= 4 is 51.3 Å². The molecular formula is C30H25ClN2O3S. The minimum Gasteiger partial charge on any atom is -0.378 e. The van der Waals surface area contributed by atoms with Gasteiger partial charge in [0.25, 0.3) is 5.69 Å². The van der Waals surface area contributed by atoms with Crippen molar-refractivity contribution in [2.45, 2.75) is 40.8 Å². The van der Waals surface area contributed by atoms with E-state index in [0.29, 0.717) is 10.5 Å². The maximum absolute atomic E-state index is 12.2. The zero-order valence-electron chi connectivity index (χ0n) is 20.1. The number of para-hydroxylation sites is 1. The van der Waals surface area contributed by atoms with E-state index < -0.39 is 0 Å². The highest BCUT2D eigenvalue weighted by Crippen LogP contribution is 2.58. The van der Waals surface area contributed by atoms with E-state index >= 15 is 0 Å². The van der Waals surface area contributed by atoms with Crippen molar-refractivity contribution in [3.8, 4) is 0 Å². The fraction of sp³-hybridized carbons (Fsp3) is 0.233. The molecule has 4 aromatic rings. The second kappa shape index (κ2) is 9.51. The maximum Gasteiger partial charge on any atom is 0.282 e. The molecule has 6 rings (SSSR count). The Kier molecular flexibility index (Phi) is 6.17. The van der Waals surface area contributed by atoms with Crippen LogP contribution >= 0.6 is 23.4 Å². The number of alkyl halides is 1. The molecule has 1 aliphatic heterocycles. The molecule has 5 unspecified atom stereocenters. The Labute approximate surface area is 224 Å². The van der Waals surface area contributed by atoms with E-state index in [-0.39, 0.29) is 44.9 Å². The van der Waals surface area contributed by atoms with Gasteiger partial charge in [0.15, 0.2) is 5.78 Å². The van der Waals surface area contributed by atoms with Crippen molar-refractivity contribution in [1.82, 2.24) is 0 Å². The molecule has 5 atom stereocenters. The first kappa shape index (κ1) is 24.0. The third-order valence-corrected chi connectivity index (χ3v) is 9.83. The van der Waals surface area contributed by atoms with Gasteiger partial charge in [0, 0.05) is 28.5 Å². The van der Waals surface area contributed by atoms with Gasteiger partial charge in [-0.2, -0.15) is 0 Å². The molecule has 37 heavy (non-hydrogen) atoms. The average Bonchev–Trinajstić information content (AvgIpc) is 3.23. The number of Topliss-reactive ketones (excluding diaryl/α,β-unsaturated/α-hetero) is 1. The molecule has 186 valence electrons. The van der Waals surface area contributed by atoms with Gasteiger partial charge in [-0.3, -0.25) is 14.9 Å². The molecule has 1 N–H and O–H groups in total. The van der Waals surface area contributed by atoms with E-state index in [1.165, 1.54) is 28.1 Å². The number of rotatable bonds is 5. The Bertz CT molecular complexity index is 1540. The number of fused-ring (bicyclic) bond motifs is 4. The van der Waals surface area contributed by atoms with Gasteiger partial charge in [0.1, 0.15) is 0 Å². The minimum atomic E-state index is -0.331. The molecule has 0 spiro atoms. The Balaban J connectivity index is 1.46. The molecule has 0 aromatic heterocycles. The Hall–Kier alpha value is -3.35. The lowest BCUT2D eigenvalue weighted by Crippen LogP contribution is -2.31. The van der Waals surface area contributed by atoms with Gasteiger partial charge in [0.05, 0.1) is 21.2 Å². The Morgan fingerprint density at radius 2 is 1.76 bits per heavy atom. The Morgan fingerprint density at radius 3 is 2.57 bits per heavy atom. The summed E-state index contributed by atoms with van der Waals surface area (Å²) < 4.78 is 0. The van der Waals surface area contributed by atoms with Crippen LogP contribution in [0.15, 0.2) is 89.8 Å². The first-order chi connectivity index (χ1) is 17.9. The van der Waals surface area contributed by atoms with Gasteiger partial charge < -0.3 is 5.32 Å². The molecule has 0 saturated heterocycles. The van der Waals surface area contributed by atoms with Gasteiger partial charge in [-0.25, -0.2) is 0 Å². The molecule has 0 amide bonds. The second-order valence-electron chi connectivity index (χ2n) is 9.80. The van der Waals surface area contributed by atoms with Crippen LogP contribution in [0.2, 0.25) is 0 Å². The summed E-state index contributed by atoms with van der Waals surface area (Å²) in [7, 11) is 0. The van der Waals surface area contributed by atoms with Crippen LogP contribution in [0.25, 0.3) is 10.8 Å². The molecule has 0 bridgehead atoms. The highest BCUT2D eigenvalue weighted by atomic mass is 35.5. The van der Waals surface area contributed by atoms with E-state index in [9.17, 15) is 14.9 Å². The number of carbonyl (C=O) groups excluding carboxylic acids is 1. The quantitative estimate of drug-likeness (QED) is 0.123. The molecule has 1 heterocycles. The summed E-state index contributed by atoms with van der Waals surface area (Å²) >= 11 is 8.76. The van der Waals surface area contributed by atoms with Gasteiger partial charge in [-0.1, -0.05) is 54.6 Å². The van der Waals surface area contributed by atoms with Crippen LogP contribution in [0.3, 0.4) is 0 Å². The number of halogens is 1. The molecule has 7 heteroatoms. The molecule has 1 fully saturated rings. The zero-order valence-corrected chi connectivity index (χ0v) is 21.7. The monoisotopic (exact) mass is 528 g/mol. The van der Waals surface area contributed by atoms with Crippen molar-refractivity contribution in [1.29, 1.82) is 0 Å². The largest absolute Gasteiger partial charge is 0.378 e. The smallest absolute Gasteiger partial charge is 0.282 e. The summed E-state index contributed by atoms with van der Waals surface area (Å²) in [6.07, 6.45) is 0.792. The standard InChI is InChI=1S/C30H25ClN2O3S/c1-17(34)19-13-14-24-22(15-19)28-23(30(32-24)21-10-6-8-18-7-2-3-9-20(18)21)16-27(29(28)31)37-26-12-5-4-11-25(26)33(35)36/h2-15,23,27-30,32H,16H2,1H3. The third kappa shape index (κ3) is 4.18. The molecular weight excluding hydrogens is 504 g/mol. The Morgan fingerprint density at radius 1 is 1.00 bits per heavy atom. The topological polar surface area (TPSA) is 72.2 Å². The van der Waals surface area contributed by atoms with Gasteiger partial charge in [-0.15, -0.1) is 23.4 Å². The van der Waals surface area contributed by atoms with Gasteiger partial charge in [0.2, 0.25) is 0 Å². The zero-order chi connectivity index (χ0) is 25.7. The van der Waals surface area contributed by atoms with Crippen LogP contribution in [0.4, 0.5) is 11.4 Å². The number of hydrogen-bond acceptors (Lipinski definition) is 5. The second-order valence-corrected chi connectivity index (χ2v) is 11.6. The fourth-order valence-corrected chi connectivity index (χ4v) is 7.98. The average molecular weight is 529 g/mol. The number of ketones is 1. The summed E-state index contributed by atoms with van der Waals surface area (Å²) in [6, 6.07) is 27.5. The van der Waals surface area contributed by atoms with E-state index in [4.69, 9.17) is 11.6 Å². The van der Waals surface area contributed by atoms with Crippen LogP contribution in [0.1, 0.15) is 46.8 Å². The number of anilines is 1. The number of nitro benzene ring substituents is 1. The van der Waals surface area contributed by atoms with Crippen LogP contribution < -0.4 is 5.32 Å². The SMILES string of the molecule is CC(=O)c1ccc2c(c1)C1C(Cl)C(Sc3ccccc3[N+](=O)[O-])CC1C(c1cccc3ccccc13)N2. The molecule has 0 radical (unpaired) electrons. The van der Waals surface area contributed by atoms with Crippen molar-refractivity contribution in [2.24, 2.45) is 5.92 Å². The lowest BCUT2D eigenvalue weighted by atomic mass is 9.76. The number of thioether (sulfide) groups is 1. The number of nitrogens with one attached hydrogen (secondary N) is 1. The van der Waals surface area contributed by atoms with Crippen molar-refractivity contribution in [3.63, 3.8) is 0 Å². The number of hydrogen-bond donors (Lipinski definition) is 1. The normalized spacial score (nSPS) is 24.2. The van der Waals surface area contributed by atoms with Crippen molar-refractivity contribution in [3.05, 3.63) is 112 Å². The highest BCUT2D eigenvalue weighted by molar-refractivity contribution is 8.00. The molecule has 1 aliphatic carbocycles. The van der Waals surface area contributed by atoms with Gasteiger partial charge in [-0.05, 0) is 65.4 Å². The van der Waals surface area contributed by atoms with Crippen LogP contribution in [0.5, 0.6) is 0 Å². The van der Waals surface area contributed by atoms with E-state index in [1.54, 1.807) is 25.1 Å². The van der Waals surface area contributed by atoms with E-state index in [1.807, 2.05) is 30.3 Å². The van der Waals surface area contributed by atoms with Crippen LogP contribution in [-0.4, -0.2) is 21.3 Å². The predicted molar refractivity (Wildman–Crippen MR) is 150 cm³/mol. The summed E-state index contributed by atoms with van der Waals surface area (Å²) in [5.41, 5.74) is 4.04. The number of nitro groups is 1.